The summed E-state index contributed by atoms with van der Waals surface area (Å²) in [5, 5.41) is 7.56. The number of anilines is 2. The fourth-order valence-corrected chi connectivity index (χ4v) is 7.81. The predicted octanol–water partition coefficient (Wildman–Crippen LogP) is 5.24. The van der Waals surface area contributed by atoms with Crippen LogP contribution in [0.3, 0.4) is 0 Å². The SMILES string of the molecule is O=C(NN=C1CCCCCCC1)c1cc(NS(=O)(=O)c2cccs2)cc(NS(=O)(=O)c2cccs2)c1. The summed E-state index contributed by atoms with van der Waals surface area (Å²) >= 11 is 2.08. The molecule has 0 radical (unpaired) electrons. The average molecular weight is 567 g/mol. The van der Waals surface area contributed by atoms with Gasteiger partial charge in [0.2, 0.25) is 0 Å². The fourth-order valence-electron chi connectivity index (χ4n) is 3.74. The molecule has 1 aromatic carbocycles. The second kappa shape index (κ2) is 11.5. The molecule has 0 saturated heterocycles. The molecule has 3 aromatic rings. The Morgan fingerprint density at radius 2 is 1.25 bits per heavy atom. The van der Waals surface area contributed by atoms with Gasteiger partial charge in [0.15, 0.2) is 0 Å². The van der Waals surface area contributed by atoms with E-state index in [1.54, 1.807) is 22.9 Å². The lowest BCUT2D eigenvalue weighted by atomic mass is 9.99. The molecular formula is C23H26N4O5S4. The van der Waals surface area contributed by atoms with Gasteiger partial charge in [-0.1, -0.05) is 31.4 Å². The van der Waals surface area contributed by atoms with Gasteiger partial charge < -0.3 is 0 Å². The first kappa shape index (κ1) is 26.3. The van der Waals surface area contributed by atoms with Crippen molar-refractivity contribution in [2.45, 2.75) is 53.4 Å². The number of sulfonamides is 2. The van der Waals surface area contributed by atoms with Crippen molar-refractivity contribution in [1.29, 1.82) is 0 Å². The minimum atomic E-state index is -3.92. The maximum atomic E-state index is 13.0. The molecular weight excluding hydrogens is 541 g/mol. The highest BCUT2D eigenvalue weighted by molar-refractivity contribution is 7.95. The Labute approximate surface area is 218 Å². The van der Waals surface area contributed by atoms with Crippen molar-refractivity contribution >= 4 is 65.7 Å². The smallest absolute Gasteiger partial charge is 0.271 e. The molecule has 9 nitrogen and oxygen atoms in total. The van der Waals surface area contributed by atoms with Crippen LogP contribution in [0.1, 0.15) is 55.3 Å². The molecule has 0 unspecified atom stereocenters. The Balaban J connectivity index is 1.62. The average Bonchev–Trinajstić information content (AvgIpc) is 3.52. The molecule has 1 saturated carbocycles. The largest absolute Gasteiger partial charge is 0.279 e. The third kappa shape index (κ3) is 6.93. The Morgan fingerprint density at radius 1 is 0.750 bits per heavy atom. The third-order valence-electron chi connectivity index (χ3n) is 5.47. The number of carbonyl (C=O) groups is 1. The minimum absolute atomic E-state index is 0.0403. The van der Waals surface area contributed by atoms with E-state index in [-0.39, 0.29) is 25.4 Å². The summed E-state index contributed by atoms with van der Waals surface area (Å²) in [6.07, 6.45) is 7.13. The second-order valence-electron chi connectivity index (χ2n) is 8.26. The van der Waals surface area contributed by atoms with Crippen LogP contribution >= 0.6 is 22.7 Å². The van der Waals surface area contributed by atoms with Gasteiger partial charge in [0, 0.05) is 11.3 Å². The molecule has 4 rings (SSSR count). The Hall–Kier alpha value is -2.74. The van der Waals surface area contributed by atoms with Gasteiger partial charge in [-0.05, 0) is 66.8 Å². The van der Waals surface area contributed by atoms with Crippen LogP contribution in [0.5, 0.6) is 0 Å². The highest BCUT2D eigenvalue weighted by atomic mass is 32.3. The number of nitrogens with zero attached hydrogens (tertiary/aromatic N) is 1. The maximum Gasteiger partial charge on any atom is 0.271 e. The van der Waals surface area contributed by atoms with E-state index in [1.165, 1.54) is 36.8 Å². The number of carbonyl (C=O) groups excluding carboxylic acids is 1. The summed E-state index contributed by atoms with van der Waals surface area (Å²) < 4.78 is 56.1. The summed E-state index contributed by atoms with van der Waals surface area (Å²) in [6.45, 7) is 0. The van der Waals surface area contributed by atoms with Crippen molar-refractivity contribution < 1.29 is 21.6 Å². The number of nitrogens with one attached hydrogen (secondary N) is 3. The predicted molar refractivity (Wildman–Crippen MR) is 144 cm³/mol. The van der Waals surface area contributed by atoms with Crippen molar-refractivity contribution in [3.8, 4) is 0 Å². The third-order valence-corrected chi connectivity index (χ3v) is 11.0. The molecule has 3 N–H and O–H groups in total. The van der Waals surface area contributed by atoms with Crippen molar-refractivity contribution in [2.75, 3.05) is 9.44 Å². The molecule has 2 aromatic heterocycles. The van der Waals surface area contributed by atoms with Gasteiger partial charge in [-0.15, -0.1) is 22.7 Å². The molecule has 13 heteroatoms. The van der Waals surface area contributed by atoms with Gasteiger partial charge in [-0.3, -0.25) is 14.2 Å². The van der Waals surface area contributed by atoms with E-state index in [0.717, 1.165) is 66.9 Å². The topological polar surface area (TPSA) is 134 Å². The van der Waals surface area contributed by atoms with Crippen molar-refractivity contribution in [3.63, 3.8) is 0 Å². The number of benzene rings is 1. The zero-order valence-electron chi connectivity index (χ0n) is 19.3. The standard InChI is InChI=1S/C23H26N4O5S4/c28-23(25-24-18-8-4-2-1-3-5-9-18)17-14-19(26-35(29,30)21-10-6-12-33-21)16-20(15-17)27-36(31,32)22-11-7-13-34-22/h6-7,10-16,26-27H,1-5,8-9H2,(H,25,28). The van der Waals surface area contributed by atoms with Crippen molar-refractivity contribution in [1.82, 2.24) is 5.43 Å². The van der Waals surface area contributed by atoms with Crippen LogP contribution in [-0.4, -0.2) is 28.5 Å². The summed E-state index contributed by atoms with van der Waals surface area (Å²) in [7, 11) is -7.84. The molecule has 1 aliphatic rings. The fraction of sp³-hybridized carbons (Fsp3) is 0.304. The molecule has 192 valence electrons. The number of thiophene rings is 2. The van der Waals surface area contributed by atoms with Crippen molar-refractivity contribution in [3.05, 3.63) is 58.8 Å². The lowest BCUT2D eigenvalue weighted by Gasteiger charge is -2.13. The van der Waals surface area contributed by atoms with E-state index in [2.05, 4.69) is 20.0 Å². The zero-order chi connectivity index (χ0) is 25.6. The second-order valence-corrected chi connectivity index (χ2v) is 14.0. The van der Waals surface area contributed by atoms with Gasteiger partial charge in [-0.25, -0.2) is 22.3 Å². The van der Waals surface area contributed by atoms with Crippen LogP contribution in [0.15, 0.2) is 66.7 Å². The van der Waals surface area contributed by atoms with E-state index in [4.69, 9.17) is 0 Å². The zero-order valence-corrected chi connectivity index (χ0v) is 22.5. The Bertz CT molecular complexity index is 1340. The highest BCUT2D eigenvalue weighted by Crippen LogP contribution is 2.27. The minimum Gasteiger partial charge on any atom is -0.279 e. The van der Waals surface area contributed by atoms with Crippen LogP contribution in [0.4, 0.5) is 11.4 Å². The van der Waals surface area contributed by atoms with E-state index in [9.17, 15) is 21.6 Å². The summed E-state index contributed by atoms with van der Waals surface area (Å²) in [5.41, 5.74) is 3.60. The molecule has 0 bridgehead atoms. The van der Waals surface area contributed by atoms with E-state index < -0.39 is 26.0 Å². The first-order valence-electron chi connectivity index (χ1n) is 11.4. The quantitative estimate of drug-likeness (QED) is 0.321. The summed E-state index contributed by atoms with van der Waals surface area (Å²) in [5.74, 6) is -0.571. The van der Waals surface area contributed by atoms with Crippen molar-refractivity contribution in [2.24, 2.45) is 5.10 Å². The molecule has 36 heavy (non-hydrogen) atoms. The van der Waals surface area contributed by atoms with Crippen LogP contribution in [-0.2, 0) is 20.0 Å². The molecule has 1 fully saturated rings. The van der Waals surface area contributed by atoms with Gasteiger partial charge in [0.25, 0.3) is 26.0 Å². The number of rotatable bonds is 8. The highest BCUT2D eigenvalue weighted by Gasteiger charge is 2.20. The first-order valence-corrected chi connectivity index (χ1v) is 16.1. The molecule has 0 atom stereocenters. The number of amides is 1. The summed E-state index contributed by atoms with van der Waals surface area (Å²) in [4.78, 5) is 13.0. The van der Waals surface area contributed by atoms with Gasteiger partial charge in [-0.2, -0.15) is 5.10 Å². The van der Waals surface area contributed by atoms with Crippen LogP contribution in [0, 0.1) is 0 Å². The van der Waals surface area contributed by atoms with E-state index in [1.807, 2.05) is 0 Å². The number of hydrazone groups is 1. The van der Waals surface area contributed by atoms with Crippen LogP contribution < -0.4 is 14.9 Å². The normalized spacial score (nSPS) is 14.9. The molecule has 1 amide bonds. The molecule has 1 aliphatic carbocycles. The molecule has 0 spiro atoms. The number of hydrogen-bond acceptors (Lipinski definition) is 8. The monoisotopic (exact) mass is 566 g/mol. The summed E-state index contributed by atoms with van der Waals surface area (Å²) in [6, 6.07) is 10.2. The van der Waals surface area contributed by atoms with Gasteiger partial charge in [0.1, 0.15) is 8.42 Å². The molecule has 0 aliphatic heterocycles. The maximum absolute atomic E-state index is 13.0. The van der Waals surface area contributed by atoms with E-state index >= 15 is 0 Å². The van der Waals surface area contributed by atoms with Crippen LogP contribution in [0.2, 0.25) is 0 Å². The van der Waals surface area contributed by atoms with Crippen LogP contribution in [0.25, 0.3) is 0 Å². The lowest BCUT2D eigenvalue weighted by molar-refractivity contribution is 0.0954. The van der Waals surface area contributed by atoms with E-state index in [0.29, 0.717) is 0 Å². The van der Waals surface area contributed by atoms with Gasteiger partial charge in [0.05, 0.1) is 11.4 Å². The number of hydrogen-bond donors (Lipinski definition) is 3. The molecule has 2 heterocycles. The van der Waals surface area contributed by atoms with Gasteiger partial charge >= 0.3 is 0 Å². The Morgan fingerprint density at radius 3 is 1.72 bits per heavy atom. The lowest BCUT2D eigenvalue weighted by Crippen LogP contribution is -2.21. The first-order chi connectivity index (χ1) is 17.2. The Kier molecular flexibility index (Phi) is 8.44.